The molecule has 0 radical (unpaired) electrons. The summed E-state index contributed by atoms with van der Waals surface area (Å²) < 4.78 is 75.5. The van der Waals surface area contributed by atoms with Crippen LogP contribution in [0.2, 0.25) is 0 Å². The highest BCUT2D eigenvalue weighted by molar-refractivity contribution is 7.94. The number of aromatic nitrogens is 2. The average Bonchev–Trinajstić information content (AvgIpc) is 3.65. The monoisotopic (exact) mass is 600 g/mol. The van der Waals surface area contributed by atoms with Crippen LogP contribution in [0.4, 0.5) is 15.8 Å². The Labute approximate surface area is 234 Å². The van der Waals surface area contributed by atoms with E-state index in [1.807, 2.05) is 0 Å². The van der Waals surface area contributed by atoms with Crippen molar-refractivity contribution in [1.29, 1.82) is 0 Å². The first kappa shape index (κ1) is 27.0. The number of pyridine rings is 1. The second-order valence-corrected chi connectivity index (χ2v) is 13.6. The molecule has 41 heavy (non-hydrogen) atoms. The van der Waals surface area contributed by atoms with Crippen molar-refractivity contribution in [3.63, 3.8) is 0 Å². The van der Waals surface area contributed by atoms with Crippen LogP contribution >= 0.6 is 0 Å². The van der Waals surface area contributed by atoms with E-state index in [0.29, 0.717) is 18.0 Å². The number of anilines is 2. The standard InChI is InChI=1S/C27H25FN4O7S2/c1-14-26(15(2)39-30-14)41(37,38)31-18-6-7-20-23(12-18)40(35,36)13-21(29-20)24-25(33)19-11-17(28)5-8-22(19)32(27(24)34)10-9-16-3-4-16/h5-8,11-13,16,29,31,33H,3-4,9-10H2,1-2H3. The lowest BCUT2D eigenvalue weighted by molar-refractivity contribution is 0.390. The summed E-state index contributed by atoms with van der Waals surface area (Å²) in [6.07, 6.45) is 2.84. The first-order valence-corrected chi connectivity index (χ1v) is 15.8. The number of nitrogens with one attached hydrogen (secondary N) is 2. The fraction of sp³-hybridized carbons (Fsp3) is 0.259. The molecular formula is C27H25FN4O7S2. The first-order valence-electron chi connectivity index (χ1n) is 12.7. The topological polar surface area (TPSA) is 161 Å². The third kappa shape index (κ3) is 4.76. The number of aryl methyl sites for hydroxylation is 3. The molecule has 1 fully saturated rings. The zero-order valence-electron chi connectivity index (χ0n) is 21.9. The van der Waals surface area contributed by atoms with E-state index in [1.54, 1.807) is 0 Å². The second-order valence-electron chi connectivity index (χ2n) is 10.2. The SMILES string of the molecule is Cc1noc(C)c1S(=O)(=O)Nc1ccc2c(c1)S(=O)(=O)C=C(c1c(O)c3cc(F)ccc3n(CCC3CC3)c1=O)N2. The Morgan fingerprint density at radius 1 is 1.20 bits per heavy atom. The Morgan fingerprint density at radius 3 is 2.63 bits per heavy atom. The van der Waals surface area contributed by atoms with E-state index in [-0.39, 0.29) is 49.3 Å². The summed E-state index contributed by atoms with van der Waals surface area (Å²) in [5.41, 5.74) is -0.598. The molecule has 0 bridgehead atoms. The van der Waals surface area contributed by atoms with Crippen molar-refractivity contribution in [3.05, 3.63) is 75.0 Å². The summed E-state index contributed by atoms with van der Waals surface area (Å²) in [6, 6.07) is 7.56. The number of aromatic hydroxyl groups is 1. The predicted octanol–water partition coefficient (Wildman–Crippen LogP) is 4.25. The fourth-order valence-electron chi connectivity index (χ4n) is 5.10. The fourth-order valence-corrected chi connectivity index (χ4v) is 7.81. The lowest BCUT2D eigenvalue weighted by atomic mass is 10.1. The van der Waals surface area contributed by atoms with Crippen molar-refractivity contribution in [1.82, 2.24) is 9.72 Å². The van der Waals surface area contributed by atoms with Crippen LogP contribution in [0, 0.1) is 25.6 Å². The number of hydrogen-bond acceptors (Lipinski definition) is 9. The molecule has 2 aliphatic rings. The molecule has 214 valence electrons. The van der Waals surface area contributed by atoms with E-state index in [2.05, 4.69) is 15.2 Å². The smallest absolute Gasteiger partial charge is 0.267 e. The van der Waals surface area contributed by atoms with Gasteiger partial charge in [0.1, 0.15) is 22.8 Å². The first-order chi connectivity index (χ1) is 19.4. The third-order valence-corrected chi connectivity index (χ3v) is 10.4. The molecule has 1 saturated carbocycles. The second kappa shape index (κ2) is 9.45. The van der Waals surface area contributed by atoms with Gasteiger partial charge in [0.25, 0.3) is 15.6 Å². The molecule has 0 unspecified atom stereocenters. The van der Waals surface area contributed by atoms with Crippen LogP contribution in [0.15, 0.2) is 60.9 Å². The molecule has 2 aromatic carbocycles. The van der Waals surface area contributed by atoms with Gasteiger partial charge in [-0.05, 0) is 62.6 Å². The summed E-state index contributed by atoms with van der Waals surface area (Å²) in [7, 11) is -8.38. The van der Waals surface area contributed by atoms with Crippen LogP contribution in [-0.2, 0) is 26.4 Å². The Morgan fingerprint density at radius 2 is 1.95 bits per heavy atom. The van der Waals surface area contributed by atoms with Crippen molar-refractivity contribution in [2.24, 2.45) is 5.92 Å². The van der Waals surface area contributed by atoms with Gasteiger partial charge in [-0.1, -0.05) is 18.0 Å². The number of sulfone groups is 1. The quantitative estimate of drug-likeness (QED) is 0.282. The van der Waals surface area contributed by atoms with Gasteiger partial charge < -0.3 is 19.5 Å². The lowest BCUT2D eigenvalue weighted by Crippen LogP contribution is -2.27. The van der Waals surface area contributed by atoms with Crippen molar-refractivity contribution < 1.29 is 30.9 Å². The van der Waals surface area contributed by atoms with Gasteiger partial charge in [0.05, 0.1) is 32.9 Å². The molecule has 11 nitrogen and oxygen atoms in total. The number of benzene rings is 2. The summed E-state index contributed by atoms with van der Waals surface area (Å²) >= 11 is 0. The highest BCUT2D eigenvalue weighted by Gasteiger charge is 2.31. The maximum atomic E-state index is 14.2. The molecule has 14 heteroatoms. The molecular weight excluding hydrogens is 575 g/mol. The number of fused-ring (bicyclic) bond motifs is 2. The highest BCUT2D eigenvalue weighted by atomic mass is 32.2. The van der Waals surface area contributed by atoms with Gasteiger partial charge in [0.15, 0.2) is 10.7 Å². The molecule has 0 atom stereocenters. The van der Waals surface area contributed by atoms with Crippen LogP contribution in [0.1, 0.15) is 36.3 Å². The average molecular weight is 601 g/mol. The molecule has 0 amide bonds. The Hall–Kier alpha value is -4.17. The normalized spacial score (nSPS) is 16.2. The summed E-state index contributed by atoms with van der Waals surface area (Å²) in [5, 5.41) is 18.5. The Bertz CT molecular complexity index is 2040. The van der Waals surface area contributed by atoms with Crippen molar-refractivity contribution in [2.45, 2.75) is 49.4 Å². The Kier molecular flexibility index (Phi) is 6.23. The van der Waals surface area contributed by atoms with E-state index in [4.69, 9.17) is 4.52 Å². The van der Waals surface area contributed by atoms with Crippen LogP contribution < -0.4 is 15.6 Å². The largest absolute Gasteiger partial charge is 0.506 e. The predicted molar refractivity (Wildman–Crippen MR) is 149 cm³/mol. The molecule has 3 N–H and O–H groups in total. The number of halogens is 1. The van der Waals surface area contributed by atoms with Gasteiger partial charge in [0.2, 0.25) is 9.84 Å². The van der Waals surface area contributed by atoms with Crippen molar-refractivity contribution in [3.8, 4) is 5.75 Å². The number of hydrogen-bond donors (Lipinski definition) is 3. The minimum Gasteiger partial charge on any atom is -0.506 e. The molecule has 0 saturated heterocycles. The highest BCUT2D eigenvalue weighted by Crippen LogP contribution is 2.39. The van der Waals surface area contributed by atoms with Gasteiger partial charge in [-0.3, -0.25) is 9.52 Å². The van der Waals surface area contributed by atoms with Crippen LogP contribution in [0.5, 0.6) is 5.75 Å². The van der Waals surface area contributed by atoms with Gasteiger partial charge in [-0.2, -0.15) is 0 Å². The number of sulfonamides is 1. The van der Waals surface area contributed by atoms with E-state index in [0.717, 1.165) is 36.8 Å². The third-order valence-electron chi connectivity index (χ3n) is 7.25. The van der Waals surface area contributed by atoms with E-state index in [9.17, 15) is 31.1 Å². The van der Waals surface area contributed by atoms with Crippen LogP contribution in [0.3, 0.4) is 0 Å². The van der Waals surface area contributed by atoms with E-state index >= 15 is 0 Å². The van der Waals surface area contributed by atoms with Crippen LogP contribution in [0.25, 0.3) is 16.6 Å². The van der Waals surface area contributed by atoms with Gasteiger partial charge in [-0.25, -0.2) is 21.2 Å². The summed E-state index contributed by atoms with van der Waals surface area (Å²) in [5.74, 6) is -0.611. The molecule has 1 aliphatic carbocycles. The maximum absolute atomic E-state index is 14.2. The number of rotatable bonds is 7. The Balaban J connectivity index is 1.42. The zero-order valence-corrected chi connectivity index (χ0v) is 23.6. The molecule has 0 spiro atoms. The molecule has 3 heterocycles. The van der Waals surface area contributed by atoms with Gasteiger partial charge >= 0.3 is 0 Å². The zero-order chi connectivity index (χ0) is 29.3. The van der Waals surface area contributed by atoms with Gasteiger partial charge in [-0.15, -0.1) is 0 Å². The molecule has 2 aromatic heterocycles. The lowest BCUT2D eigenvalue weighted by Gasteiger charge is -2.22. The van der Waals surface area contributed by atoms with Gasteiger partial charge in [0, 0.05) is 11.9 Å². The van der Waals surface area contributed by atoms with E-state index < -0.39 is 37.0 Å². The minimum atomic E-state index is -4.23. The van der Waals surface area contributed by atoms with Crippen LogP contribution in [-0.4, -0.2) is 31.7 Å². The minimum absolute atomic E-state index is 0.0302. The summed E-state index contributed by atoms with van der Waals surface area (Å²) in [6.45, 7) is 3.23. The molecule has 6 rings (SSSR count). The van der Waals surface area contributed by atoms with Crippen molar-refractivity contribution >= 4 is 47.8 Å². The van der Waals surface area contributed by atoms with E-state index in [1.165, 1.54) is 42.7 Å². The summed E-state index contributed by atoms with van der Waals surface area (Å²) in [4.78, 5) is 13.3. The number of nitrogens with zero attached hydrogens (tertiary/aromatic N) is 2. The van der Waals surface area contributed by atoms with Crippen molar-refractivity contribution in [2.75, 3.05) is 10.0 Å². The molecule has 4 aromatic rings. The maximum Gasteiger partial charge on any atom is 0.267 e. The molecule has 1 aliphatic heterocycles.